The molecule has 188 valence electrons. The number of esters is 1. The first-order valence-electron chi connectivity index (χ1n) is 13.3. The van der Waals surface area contributed by atoms with Crippen LogP contribution in [0.5, 0.6) is 0 Å². The largest absolute Gasteiger partial charge is 0.481 e. The predicted octanol–water partition coefficient (Wildman–Crippen LogP) is 6.22. The summed E-state index contributed by atoms with van der Waals surface area (Å²) in [4.78, 5) is 39.8. The molecule has 2 N–H and O–H groups in total. The number of aryl methyl sites for hydroxylation is 1. The summed E-state index contributed by atoms with van der Waals surface area (Å²) in [5.74, 6) is -2.41. The van der Waals surface area contributed by atoms with E-state index < -0.39 is 17.8 Å². The number of ether oxygens (including phenoxy) is 1. The molecule has 0 saturated heterocycles. The zero-order chi connectivity index (χ0) is 24.2. The Morgan fingerprint density at radius 1 is 0.912 bits per heavy atom. The number of nitrogens with one attached hydrogen (secondary N) is 1. The van der Waals surface area contributed by atoms with Crippen molar-refractivity contribution in [3.63, 3.8) is 0 Å². The number of carboxylic acids is 1. The maximum Gasteiger partial charge on any atom is 0.341 e. The summed E-state index contributed by atoms with van der Waals surface area (Å²) in [6.45, 7) is 3.67. The minimum Gasteiger partial charge on any atom is -0.481 e. The Labute approximate surface area is 206 Å². The minimum absolute atomic E-state index is 0.0903. The van der Waals surface area contributed by atoms with Crippen LogP contribution in [0.2, 0.25) is 0 Å². The highest BCUT2D eigenvalue weighted by Crippen LogP contribution is 2.53. The fourth-order valence-corrected chi connectivity index (χ4v) is 7.70. The number of carbonyl (C=O) groups excluding carboxylic acids is 2. The van der Waals surface area contributed by atoms with Crippen LogP contribution in [0.3, 0.4) is 0 Å². The Kier molecular flexibility index (Phi) is 8.33. The van der Waals surface area contributed by atoms with Crippen molar-refractivity contribution in [3.8, 4) is 0 Å². The van der Waals surface area contributed by atoms with Gasteiger partial charge in [-0.2, -0.15) is 0 Å². The first-order chi connectivity index (χ1) is 16.4. The summed E-state index contributed by atoms with van der Waals surface area (Å²) in [7, 11) is 0. The van der Waals surface area contributed by atoms with Crippen molar-refractivity contribution in [2.24, 2.45) is 23.7 Å². The molecule has 1 heterocycles. The van der Waals surface area contributed by atoms with Crippen LogP contribution >= 0.6 is 11.3 Å². The molecule has 2 bridgehead atoms. The average molecular weight is 490 g/mol. The quantitative estimate of drug-likeness (QED) is 0.479. The lowest BCUT2D eigenvalue weighted by Gasteiger charge is -2.27. The normalized spacial score (nSPS) is 27.5. The van der Waals surface area contributed by atoms with E-state index in [2.05, 4.69) is 5.32 Å². The van der Waals surface area contributed by atoms with Crippen molar-refractivity contribution in [3.05, 3.63) is 16.0 Å². The lowest BCUT2D eigenvalue weighted by molar-refractivity contribution is -0.148. The number of thiophene rings is 1. The molecule has 0 aliphatic heterocycles. The van der Waals surface area contributed by atoms with Crippen LogP contribution in [-0.4, -0.2) is 29.1 Å². The van der Waals surface area contributed by atoms with Gasteiger partial charge in [-0.3, -0.25) is 9.59 Å². The number of amides is 1. The van der Waals surface area contributed by atoms with Crippen LogP contribution in [0.4, 0.5) is 5.00 Å². The molecule has 1 aromatic rings. The molecule has 34 heavy (non-hydrogen) atoms. The summed E-state index contributed by atoms with van der Waals surface area (Å²) >= 11 is 1.50. The molecule has 2 fully saturated rings. The van der Waals surface area contributed by atoms with Crippen LogP contribution in [-0.2, 0) is 27.2 Å². The number of aliphatic carboxylic acids is 1. The first kappa shape index (κ1) is 25.2. The molecular formula is C27H39NO5S. The number of hydrogen-bond donors (Lipinski definition) is 2. The van der Waals surface area contributed by atoms with Gasteiger partial charge in [-0.25, -0.2) is 4.79 Å². The van der Waals surface area contributed by atoms with Crippen molar-refractivity contribution in [2.75, 3.05) is 5.32 Å². The highest BCUT2D eigenvalue weighted by Gasteiger charge is 2.54. The van der Waals surface area contributed by atoms with Gasteiger partial charge in [0.25, 0.3) is 0 Å². The van der Waals surface area contributed by atoms with Crippen molar-refractivity contribution >= 4 is 34.2 Å². The van der Waals surface area contributed by atoms with Crippen LogP contribution in [0.1, 0.15) is 105 Å². The van der Waals surface area contributed by atoms with Crippen molar-refractivity contribution in [1.82, 2.24) is 0 Å². The second-order valence-corrected chi connectivity index (χ2v) is 11.8. The van der Waals surface area contributed by atoms with Crippen LogP contribution in [0.25, 0.3) is 0 Å². The molecule has 0 radical (unpaired) electrons. The van der Waals surface area contributed by atoms with Gasteiger partial charge in [-0.15, -0.1) is 11.3 Å². The monoisotopic (exact) mass is 489 g/mol. The molecule has 4 rings (SSSR count). The Balaban J connectivity index is 1.63. The number of anilines is 1. The Morgan fingerprint density at radius 3 is 2.12 bits per heavy atom. The van der Waals surface area contributed by atoms with Crippen LogP contribution in [0, 0.1) is 23.7 Å². The number of carboxylic acid groups (broad SMARTS) is 1. The van der Waals surface area contributed by atoms with E-state index in [9.17, 15) is 19.5 Å². The smallest absolute Gasteiger partial charge is 0.341 e. The number of fused-ring (bicyclic) bond motifs is 3. The third kappa shape index (κ3) is 5.50. The predicted molar refractivity (Wildman–Crippen MR) is 133 cm³/mol. The Morgan fingerprint density at radius 2 is 1.50 bits per heavy atom. The van der Waals surface area contributed by atoms with Gasteiger partial charge in [0.15, 0.2) is 0 Å². The fraction of sp³-hybridized carbons (Fsp3) is 0.741. The molecule has 1 amide bonds. The van der Waals surface area contributed by atoms with E-state index in [4.69, 9.17) is 4.74 Å². The highest BCUT2D eigenvalue weighted by atomic mass is 32.1. The third-order valence-electron chi connectivity index (χ3n) is 7.96. The molecule has 3 aliphatic rings. The van der Waals surface area contributed by atoms with Gasteiger partial charge in [0.05, 0.1) is 23.5 Å². The van der Waals surface area contributed by atoms with Crippen molar-refractivity contribution < 1.29 is 24.2 Å². The van der Waals surface area contributed by atoms with Gasteiger partial charge < -0.3 is 15.2 Å². The second kappa shape index (κ2) is 11.2. The molecule has 4 atom stereocenters. The standard InChI is InChI=1S/C27H39NO5S/c1-16(2)33-27(32)23-19-11-9-7-5-3-4-6-8-10-12-20(19)34-25(23)28-24(29)21-17-13-14-18(15-17)22(21)26(30)31/h16-18,21-22H,3-15H2,1-2H3,(H,28,29)(H,30,31)/t17-,18-,21-,22+/m0/s1. The van der Waals surface area contributed by atoms with Gasteiger partial charge >= 0.3 is 11.9 Å². The van der Waals surface area contributed by atoms with Crippen molar-refractivity contribution in [2.45, 2.75) is 103 Å². The fourth-order valence-electron chi connectivity index (χ4n) is 6.42. The molecule has 3 aliphatic carbocycles. The number of carbonyl (C=O) groups is 3. The Bertz CT molecular complexity index is 907. The molecule has 2 saturated carbocycles. The van der Waals surface area contributed by atoms with Gasteiger partial charge in [-0.05, 0) is 76.2 Å². The highest BCUT2D eigenvalue weighted by molar-refractivity contribution is 7.17. The second-order valence-electron chi connectivity index (χ2n) is 10.7. The first-order valence-corrected chi connectivity index (χ1v) is 14.1. The zero-order valence-corrected chi connectivity index (χ0v) is 21.4. The van der Waals surface area contributed by atoms with Gasteiger partial charge in [0.1, 0.15) is 5.00 Å². The molecule has 7 heteroatoms. The van der Waals surface area contributed by atoms with Gasteiger partial charge in [-0.1, -0.05) is 38.5 Å². The molecule has 1 aromatic heterocycles. The van der Waals surface area contributed by atoms with E-state index in [-0.39, 0.29) is 29.8 Å². The summed E-state index contributed by atoms with van der Waals surface area (Å²) in [5.41, 5.74) is 1.54. The zero-order valence-electron chi connectivity index (χ0n) is 20.6. The molecule has 0 aromatic carbocycles. The number of rotatable bonds is 5. The van der Waals surface area contributed by atoms with E-state index in [0.717, 1.165) is 56.9 Å². The summed E-state index contributed by atoms with van der Waals surface area (Å²) in [6.07, 6.45) is 13.5. The van der Waals surface area contributed by atoms with Gasteiger partial charge in [0, 0.05) is 4.88 Å². The van der Waals surface area contributed by atoms with E-state index >= 15 is 0 Å². The molecular weight excluding hydrogens is 450 g/mol. The molecule has 0 unspecified atom stereocenters. The lowest BCUT2D eigenvalue weighted by Crippen LogP contribution is -2.38. The Hall–Kier alpha value is -1.89. The van der Waals surface area contributed by atoms with Crippen molar-refractivity contribution in [1.29, 1.82) is 0 Å². The summed E-state index contributed by atoms with van der Waals surface area (Å²) in [6, 6.07) is 0. The molecule has 6 nitrogen and oxygen atoms in total. The third-order valence-corrected chi connectivity index (χ3v) is 9.17. The van der Waals surface area contributed by atoms with Crippen LogP contribution in [0.15, 0.2) is 0 Å². The minimum atomic E-state index is -0.870. The topological polar surface area (TPSA) is 92.7 Å². The molecule has 0 spiro atoms. The average Bonchev–Trinajstić information content (AvgIpc) is 3.46. The van der Waals surface area contributed by atoms with E-state index in [1.807, 2.05) is 13.8 Å². The van der Waals surface area contributed by atoms with Crippen LogP contribution < -0.4 is 5.32 Å². The van der Waals surface area contributed by atoms with E-state index in [0.29, 0.717) is 10.6 Å². The summed E-state index contributed by atoms with van der Waals surface area (Å²) < 4.78 is 5.61. The van der Waals surface area contributed by atoms with E-state index in [1.54, 1.807) is 0 Å². The maximum absolute atomic E-state index is 13.4. The summed E-state index contributed by atoms with van der Waals surface area (Å²) in [5, 5.41) is 13.4. The number of hydrogen-bond acceptors (Lipinski definition) is 5. The SMILES string of the molecule is CC(C)OC(=O)c1c(NC(=O)[C@H]2[C@H]3CC[C@@H](C3)[C@H]2C(=O)O)sc2c1CCCCCCCCCC2. The van der Waals surface area contributed by atoms with Gasteiger partial charge in [0.2, 0.25) is 5.91 Å². The van der Waals surface area contributed by atoms with E-state index in [1.165, 1.54) is 48.3 Å². The maximum atomic E-state index is 13.4. The lowest BCUT2D eigenvalue weighted by atomic mass is 9.78.